The van der Waals surface area contributed by atoms with Gasteiger partial charge in [-0.3, -0.25) is 0 Å². The van der Waals surface area contributed by atoms with Gasteiger partial charge >= 0.3 is 0 Å². The molecular weight excluding hydrogens is 366 g/mol. The van der Waals surface area contributed by atoms with Crippen LogP contribution in [0.25, 0.3) is 44.3 Å². The molecule has 0 radical (unpaired) electrons. The minimum atomic E-state index is -2.80. The zero-order chi connectivity index (χ0) is 25.6. The van der Waals surface area contributed by atoms with E-state index in [9.17, 15) is 0 Å². The molecule has 0 saturated heterocycles. The van der Waals surface area contributed by atoms with E-state index in [1.165, 1.54) is 0 Å². The molecule has 30 heavy (non-hydrogen) atoms. The van der Waals surface area contributed by atoms with Gasteiger partial charge < -0.3 is 4.42 Å². The number of furan rings is 1. The summed E-state index contributed by atoms with van der Waals surface area (Å²) in [5, 5.41) is 1.52. The number of hydrogen-bond donors (Lipinski definition) is 0. The summed E-state index contributed by atoms with van der Waals surface area (Å²) in [4.78, 5) is 0. The predicted molar refractivity (Wildman–Crippen MR) is 123 cm³/mol. The number of fused-ring (bicyclic) bond motifs is 6. The van der Waals surface area contributed by atoms with Crippen molar-refractivity contribution in [3.63, 3.8) is 0 Å². The van der Waals surface area contributed by atoms with E-state index in [1.807, 2.05) is 61.1 Å². The maximum absolute atomic E-state index is 8.47. The minimum Gasteiger partial charge on any atom is -0.455 e. The molecule has 0 aliphatic heterocycles. The van der Waals surface area contributed by atoms with Crippen LogP contribution in [-0.4, -0.2) is 0 Å². The molecule has 0 N–H and O–H groups in total. The van der Waals surface area contributed by atoms with Gasteiger partial charge in [0.05, 0.1) is 5.56 Å². The highest BCUT2D eigenvalue weighted by atomic mass is 16.3. The second-order valence-electron chi connectivity index (χ2n) is 8.12. The molecule has 3 aromatic carbocycles. The standard InChI is InChI=1S/C28H24NO/c1-17-12-13-19-21-15-23-20(18-9-5-6-10-22(18)28(23,2)3)16-25(21)30-27(19)26(17)24-11-7-8-14-29(24)4/h5-16H,1-4H3/q+1/i2D3,3D3. The quantitative estimate of drug-likeness (QED) is 0.288. The first kappa shape index (κ1) is 12.3. The lowest BCUT2D eigenvalue weighted by Gasteiger charge is -2.21. The van der Waals surface area contributed by atoms with Crippen LogP contribution in [0.2, 0.25) is 0 Å². The van der Waals surface area contributed by atoms with Crippen LogP contribution in [-0.2, 0) is 12.5 Å². The van der Waals surface area contributed by atoms with E-state index >= 15 is 0 Å². The number of pyridine rings is 1. The summed E-state index contributed by atoms with van der Waals surface area (Å²) in [7, 11) is 1.97. The molecule has 0 amide bonds. The fraction of sp³-hybridized carbons (Fsp3) is 0.179. The van der Waals surface area contributed by atoms with Crippen molar-refractivity contribution in [3.8, 4) is 22.4 Å². The molecule has 1 aliphatic rings. The SMILES string of the molecule is [2H]C([2H])([2H])C1(C([2H])([2H])[2H])c2ccccc2-c2cc3oc4c(-c5cccc[n+]5C)c(C)ccc4c3cc21. The fourth-order valence-corrected chi connectivity index (χ4v) is 4.81. The maximum Gasteiger partial charge on any atom is 0.216 e. The minimum absolute atomic E-state index is 0.297. The topological polar surface area (TPSA) is 17.0 Å². The van der Waals surface area contributed by atoms with Gasteiger partial charge in [-0.15, -0.1) is 0 Å². The summed E-state index contributed by atoms with van der Waals surface area (Å²) in [5.41, 5.74) is 3.94. The van der Waals surface area contributed by atoms with Crippen molar-refractivity contribution in [2.45, 2.75) is 26.0 Å². The molecule has 0 bridgehead atoms. The van der Waals surface area contributed by atoms with Crippen molar-refractivity contribution in [1.29, 1.82) is 0 Å². The van der Waals surface area contributed by atoms with Crippen molar-refractivity contribution >= 4 is 21.9 Å². The molecule has 0 fully saturated rings. The lowest BCUT2D eigenvalue weighted by molar-refractivity contribution is -0.660. The van der Waals surface area contributed by atoms with Crippen molar-refractivity contribution in [1.82, 2.24) is 0 Å². The molecule has 1 aliphatic carbocycles. The third kappa shape index (κ3) is 2.16. The summed E-state index contributed by atoms with van der Waals surface area (Å²) in [6.07, 6.45) is 1.97. The van der Waals surface area contributed by atoms with Gasteiger partial charge in [0.1, 0.15) is 18.2 Å². The van der Waals surface area contributed by atoms with E-state index in [2.05, 4.69) is 0 Å². The largest absolute Gasteiger partial charge is 0.455 e. The molecule has 0 saturated carbocycles. The first-order chi connectivity index (χ1) is 17.0. The van der Waals surface area contributed by atoms with Crippen LogP contribution in [0.1, 0.15) is 38.6 Å². The number of nitrogens with zero attached hydrogens (tertiary/aromatic N) is 1. The van der Waals surface area contributed by atoms with Gasteiger partial charge in [-0.05, 0) is 52.9 Å². The summed E-state index contributed by atoms with van der Waals surface area (Å²) in [5.74, 6) is 0. The van der Waals surface area contributed by atoms with Gasteiger partial charge in [0.25, 0.3) is 0 Å². The Balaban J connectivity index is 1.76. The first-order valence-electron chi connectivity index (χ1n) is 13.0. The number of benzene rings is 3. The van der Waals surface area contributed by atoms with Crippen LogP contribution in [0.5, 0.6) is 0 Å². The summed E-state index contributed by atoms with van der Waals surface area (Å²) >= 11 is 0. The molecule has 146 valence electrons. The van der Waals surface area contributed by atoms with E-state index in [0.29, 0.717) is 38.8 Å². The number of rotatable bonds is 1. The summed E-state index contributed by atoms with van der Waals surface area (Å²) < 4.78 is 59.3. The van der Waals surface area contributed by atoms with Gasteiger partial charge in [0.15, 0.2) is 6.20 Å². The average molecular weight is 397 g/mol. The monoisotopic (exact) mass is 396 g/mol. The Bertz CT molecular complexity index is 1680. The Morgan fingerprint density at radius 1 is 0.867 bits per heavy atom. The van der Waals surface area contributed by atoms with Gasteiger partial charge in [-0.25, -0.2) is 4.57 Å². The number of aryl methyl sites for hydroxylation is 2. The van der Waals surface area contributed by atoms with E-state index in [1.54, 1.807) is 30.3 Å². The van der Waals surface area contributed by atoms with Crippen LogP contribution in [0.15, 0.2) is 77.3 Å². The lowest BCUT2D eigenvalue weighted by atomic mass is 9.82. The molecule has 6 rings (SSSR count). The molecule has 2 heteroatoms. The van der Waals surface area contributed by atoms with Crippen molar-refractivity contribution in [2.24, 2.45) is 7.05 Å². The molecular formula is C28H24NO+. The molecule has 0 atom stereocenters. The van der Waals surface area contributed by atoms with Crippen molar-refractivity contribution < 1.29 is 17.2 Å². The molecule has 0 unspecified atom stereocenters. The lowest BCUT2D eigenvalue weighted by Crippen LogP contribution is -2.30. The van der Waals surface area contributed by atoms with E-state index in [0.717, 1.165) is 22.2 Å². The smallest absolute Gasteiger partial charge is 0.216 e. The highest BCUT2D eigenvalue weighted by Gasteiger charge is 2.36. The van der Waals surface area contributed by atoms with Crippen LogP contribution < -0.4 is 4.57 Å². The van der Waals surface area contributed by atoms with Gasteiger partial charge in [0.2, 0.25) is 5.69 Å². The Morgan fingerprint density at radius 3 is 2.53 bits per heavy atom. The van der Waals surface area contributed by atoms with Crippen LogP contribution in [0.3, 0.4) is 0 Å². The Morgan fingerprint density at radius 2 is 1.70 bits per heavy atom. The Labute approximate surface area is 184 Å². The van der Waals surface area contributed by atoms with E-state index in [4.69, 9.17) is 12.6 Å². The normalized spacial score (nSPS) is 18.1. The van der Waals surface area contributed by atoms with Crippen molar-refractivity contribution in [2.75, 3.05) is 0 Å². The maximum atomic E-state index is 8.47. The average Bonchev–Trinajstić information content (AvgIpc) is 3.31. The second kappa shape index (κ2) is 5.82. The molecule has 2 aromatic heterocycles. The molecule has 0 spiro atoms. The predicted octanol–water partition coefficient (Wildman–Crippen LogP) is 6.69. The Hall–Kier alpha value is -3.39. The van der Waals surface area contributed by atoms with Crippen molar-refractivity contribution in [3.05, 3.63) is 89.6 Å². The number of hydrogen-bond acceptors (Lipinski definition) is 1. The Kier molecular flexibility index (Phi) is 2.39. The van der Waals surface area contributed by atoms with Crippen LogP contribution in [0, 0.1) is 6.92 Å². The first-order valence-corrected chi connectivity index (χ1v) is 10.0. The van der Waals surface area contributed by atoms with Crippen LogP contribution >= 0.6 is 0 Å². The molecule has 5 aromatic rings. The van der Waals surface area contributed by atoms with Crippen LogP contribution in [0.4, 0.5) is 0 Å². The molecule has 2 heterocycles. The zero-order valence-corrected chi connectivity index (χ0v) is 16.8. The van der Waals surface area contributed by atoms with E-state index < -0.39 is 19.1 Å². The third-order valence-corrected chi connectivity index (χ3v) is 6.32. The van der Waals surface area contributed by atoms with E-state index in [-0.39, 0.29) is 0 Å². The highest BCUT2D eigenvalue weighted by molar-refractivity contribution is 6.11. The van der Waals surface area contributed by atoms with Gasteiger partial charge in [-0.1, -0.05) is 50.1 Å². The second-order valence-corrected chi connectivity index (χ2v) is 8.12. The summed E-state index contributed by atoms with van der Waals surface area (Å²) in [6.45, 7) is -3.57. The third-order valence-electron chi connectivity index (χ3n) is 6.32. The fourth-order valence-electron chi connectivity index (χ4n) is 4.81. The summed E-state index contributed by atoms with van der Waals surface area (Å²) in [6, 6.07) is 20.4. The molecule has 2 nitrogen and oxygen atoms in total. The number of aromatic nitrogens is 1. The van der Waals surface area contributed by atoms with Gasteiger partial charge in [0, 0.05) is 36.5 Å². The van der Waals surface area contributed by atoms with Gasteiger partial charge in [-0.2, -0.15) is 0 Å². The highest BCUT2D eigenvalue weighted by Crippen LogP contribution is 2.51. The zero-order valence-electron chi connectivity index (χ0n) is 22.8.